The van der Waals surface area contributed by atoms with Crippen molar-refractivity contribution in [2.75, 3.05) is 31.5 Å². The monoisotopic (exact) mass is 579 g/mol. The molecule has 3 amide bonds. The van der Waals surface area contributed by atoms with Gasteiger partial charge in [-0.3, -0.25) is 14.4 Å². The van der Waals surface area contributed by atoms with E-state index in [0.717, 1.165) is 68.0 Å². The van der Waals surface area contributed by atoms with Crippen molar-refractivity contribution < 1.29 is 14.4 Å². The average Bonchev–Trinajstić information content (AvgIpc) is 3.81. The van der Waals surface area contributed by atoms with Crippen LogP contribution < -0.4 is 10.6 Å². The van der Waals surface area contributed by atoms with Gasteiger partial charge in [-0.15, -0.1) is 0 Å². The van der Waals surface area contributed by atoms with Crippen molar-refractivity contribution in [3.05, 3.63) is 87.7 Å². The third kappa shape index (κ3) is 5.76. The minimum atomic E-state index is -0.229. The number of carbonyl (C=O) groups excluding carboxylic acids is 3. The van der Waals surface area contributed by atoms with Crippen molar-refractivity contribution in [2.24, 2.45) is 0 Å². The number of rotatable bonds is 8. The summed E-state index contributed by atoms with van der Waals surface area (Å²) in [5, 5.41) is 6.06. The van der Waals surface area contributed by atoms with Crippen LogP contribution in [0, 0.1) is 13.8 Å². The van der Waals surface area contributed by atoms with E-state index in [1.165, 1.54) is 12.8 Å². The Kier molecular flexibility index (Phi) is 8.21. The predicted molar refractivity (Wildman–Crippen MR) is 170 cm³/mol. The third-order valence-electron chi connectivity index (χ3n) is 9.26. The van der Waals surface area contributed by atoms with Crippen molar-refractivity contribution in [3.8, 4) is 0 Å². The molecule has 0 unspecified atom stereocenters. The van der Waals surface area contributed by atoms with Crippen molar-refractivity contribution in [1.82, 2.24) is 20.1 Å². The van der Waals surface area contributed by atoms with Gasteiger partial charge in [0.1, 0.15) is 0 Å². The van der Waals surface area contributed by atoms with Crippen LogP contribution in [0.25, 0.3) is 11.6 Å². The van der Waals surface area contributed by atoms with Crippen LogP contribution in [0.15, 0.2) is 48.5 Å². The second-order valence-electron chi connectivity index (χ2n) is 12.1. The topological polar surface area (TPSA) is 97.5 Å². The molecule has 6 rings (SSSR count). The molecule has 3 aliphatic heterocycles. The molecular weight excluding hydrogens is 538 g/mol. The van der Waals surface area contributed by atoms with Crippen LogP contribution in [0.4, 0.5) is 5.69 Å². The summed E-state index contributed by atoms with van der Waals surface area (Å²) in [6.07, 6.45) is 7.12. The van der Waals surface area contributed by atoms with Gasteiger partial charge >= 0.3 is 0 Å². The van der Waals surface area contributed by atoms with E-state index in [9.17, 15) is 14.4 Å². The second kappa shape index (κ2) is 12.2. The molecule has 3 aliphatic rings. The Hall–Kier alpha value is -4.17. The van der Waals surface area contributed by atoms with Gasteiger partial charge in [0.2, 0.25) is 0 Å². The summed E-state index contributed by atoms with van der Waals surface area (Å²) in [6.45, 7) is 9.89. The van der Waals surface area contributed by atoms with Gasteiger partial charge in [-0.05, 0) is 94.4 Å². The highest BCUT2D eigenvalue weighted by Gasteiger charge is 2.34. The predicted octanol–water partition coefficient (Wildman–Crippen LogP) is 5.71. The summed E-state index contributed by atoms with van der Waals surface area (Å²) < 4.78 is 0. The Balaban J connectivity index is 1.24. The van der Waals surface area contributed by atoms with E-state index < -0.39 is 0 Å². The highest BCUT2D eigenvalue weighted by Crippen LogP contribution is 2.35. The lowest BCUT2D eigenvalue weighted by atomic mass is 10.0. The number of H-pyrrole nitrogens is 1. The Morgan fingerprint density at radius 3 is 2.56 bits per heavy atom. The molecule has 4 heterocycles. The highest BCUT2D eigenvalue weighted by molar-refractivity contribution is 6.35. The summed E-state index contributed by atoms with van der Waals surface area (Å²) in [7, 11) is 0. The largest absolute Gasteiger partial charge is 0.358 e. The molecule has 224 valence electrons. The van der Waals surface area contributed by atoms with Crippen LogP contribution in [-0.2, 0) is 4.79 Å². The molecule has 2 fully saturated rings. The van der Waals surface area contributed by atoms with E-state index in [0.29, 0.717) is 28.0 Å². The van der Waals surface area contributed by atoms with Gasteiger partial charge in [-0.2, -0.15) is 0 Å². The normalized spacial score (nSPS) is 20.0. The lowest BCUT2D eigenvalue weighted by Crippen LogP contribution is -2.42. The first-order chi connectivity index (χ1) is 20.8. The second-order valence-corrected chi connectivity index (χ2v) is 12.1. The number of nitrogens with zero attached hydrogens (tertiary/aromatic N) is 2. The van der Waals surface area contributed by atoms with Gasteiger partial charge in [-0.25, -0.2) is 0 Å². The van der Waals surface area contributed by atoms with Crippen molar-refractivity contribution in [3.63, 3.8) is 0 Å². The fourth-order valence-corrected chi connectivity index (χ4v) is 6.90. The standard InChI is InChI=1S/C35H41N5O3/c1-4-29(24-11-6-5-7-12-24)37-33(41)25-14-15-30-27(19-25)28(34(42)38-30)20-31-22(2)32(23(3)36-31)35(43)40-18-10-13-26(40)21-39-16-8-9-17-39/h5-7,11-12,14-15,19-20,26,29,36H,4,8-10,13,16-18,21H2,1-3H3,(H,37,41)(H,38,42)/t26-,29-/m1/s1. The number of nitrogens with one attached hydrogen (secondary N) is 3. The molecule has 2 saturated heterocycles. The first-order valence-electron chi connectivity index (χ1n) is 15.6. The Morgan fingerprint density at radius 1 is 1.05 bits per heavy atom. The molecule has 2 atom stereocenters. The van der Waals surface area contributed by atoms with E-state index in [1.54, 1.807) is 18.2 Å². The van der Waals surface area contributed by atoms with Crippen LogP contribution in [0.5, 0.6) is 0 Å². The SMILES string of the molecule is CC[C@@H](NC(=O)c1ccc2c(c1)C(=Cc1[nH]c(C)c(C(=O)N3CCC[C@@H]3CN3CCCC3)c1C)C(=O)N2)c1ccccc1. The van der Waals surface area contributed by atoms with E-state index in [-0.39, 0.29) is 29.8 Å². The maximum Gasteiger partial charge on any atom is 0.256 e. The molecular formula is C35H41N5O3. The number of aromatic amines is 1. The molecule has 0 radical (unpaired) electrons. The van der Waals surface area contributed by atoms with Crippen molar-refractivity contribution >= 4 is 35.1 Å². The molecule has 2 aromatic carbocycles. The van der Waals surface area contributed by atoms with Crippen molar-refractivity contribution in [2.45, 2.75) is 65.0 Å². The molecule has 0 saturated carbocycles. The van der Waals surface area contributed by atoms with E-state index >= 15 is 0 Å². The zero-order valence-electron chi connectivity index (χ0n) is 25.3. The fourth-order valence-electron chi connectivity index (χ4n) is 6.90. The molecule has 8 nitrogen and oxygen atoms in total. The number of benzene rings is 2. The average molecular weight is 580 g/mol. The zero-order chi connectivity index (χ0) is 30.1. The van der Waals surface area contributed by atoms with Gasteiger partial charge in [0.15, 0.2) is 0 Å². The van der Waals surface area contributed by atoms with Crippen LogP contribution in [0.1, 0.15) is 93.9 Å². The number of fused-ring (bicyclic) bond motifs is 1. The molecule has 8 heteroatoms. The molecule has 0 aliphatic carbocycles. The number of anilines is 1. The fraction of sp³-hybridized carbons (Fsp3) is 0.400. The van der Waals surface area contributed by atoms with Gasteiger partial charge in [0, 0.05) is 47.3 Å². The minimum Gasteiger partial charge on any atom is -0.358 e. The summed E-state index contributed by atoms with van der Waals surface area (Å²) >= 11 is 0. The van der Waals surface area contributed by atoms with E-state index in [4.69, 9.17) is 0 Å². The lowest BCUT2D eigenvalue weighted by Gasteiger charge is -2.28. The molecule has 1 aromatic heterocycles. The third-order valence-corrected chi connectivity index (χ3v) is 9.26. The van der Waals surface area contributed by atoms with E-state index in [1.807, 2.05) is 57.2 Å². The first-order valence-corrected chi connectivity index (χ1v) is 15.6. The van der Waals surface area contributed by atoms with Crippen LogP contribution in [-0.4, -0.2) is 64.7 Å². The Morgan fingerprint density at radius 2 is 1.81 bits per heavy atom. The van der Waals surface area contributed by atoms with E-state index in [2.05, 4.69) is 25.4 Å². The maximum atomic E-state index is 13.9. The van der Waals surface area contributed by atoms with Gasteiger partial charge in [0.25, 0.3) is 17.7 Å². The van der Waals surface area contributed by atoms with Crippen LogP contribution in [0.3, 0.4) is 0 Å². The van der Waals surface area contributed by atoms with Crippen LogP contribution >= 0.6 is 0 Å². The lowest BCUT2D eigenvalue weighted by molar-refractivity contribution is -0.110. The maximum absolute atomic E-state index is 13.9. The number of amides is 3. The minimum absolute atomic E-state index is 0.0664. The molecule has 0 bridgehead atoms. The molecule has 3 aromatic rings. The zero-order valence-corrected chi connectivity index (χ0v) is 25.3. The Bertz CT molecular complexity index is 1570. The number of likely N-dealkylation sites (tertiary alicyclic amines) is 2. The first kappa shape index (κ1) is 28.9. The summed E-state index contributed by atoms with van der Waals surface area (Å²) in [5.74, 6) is -0.351. The molecule has 3 N–H and O–H groups in total. The number of aromatic nitrogens is 1. The molecule has 43 heavy (non-hydrogen) atoms. The highest BCUT2D eigenvalue weighted by atomic mass is 16.2. The summed E-state index contributed by atoms with van der Waals surface area (Å²) in [5.41, 5.74) is 6.43. The van der Waals surface area contributed by atoms with Crippen LogP contribution in [0.2, 0.25) is 0 Å². The Labute approximate surface area is 253 Å². The number of hydrogen-bond acceptors (Lipinski definition) is 4. The van der Waals surface area contributed by atoms with Gasteiger partial charge in [0.05, 0.1) is 17.2 Å². The summed E-state index contributed by atoms with van der Waals surface area (Å²) in [6, 6.07) is 15.3. The quantitative estimate of drug-likeness (QED) is 0.298. The number of carbonyl (C=O) groups is 3. The number of aryl methyl sites for hydroxylation is 1. The number of hydrogen-bond donors (Lipinski definition) is 3. The smallest absolute Gasteiger partial charge is 0.256 e. The van der Waals surface area contributed by atoms with Crippen molar-refractivity contribution in [1.29, 1.82) is 0 Å². The van der Waals surface area contributed by atoms with Gasteiger partial charge in [-0.1, -0.05) is 37.3 Å². The summed E-state index contributed by atoms with van der Waals surface area (Å²) in [4.78, 5) is 48.2. The van der Waals surface area contributed by atoms with Gasteiger partial charge < -0.3 is 25.4 Å². The molecule has 0 spiro atoms.